The predicted molar refractivity (Wildman–Crippen MR) is 129 cm³/mol. The third-order valence-electron chi connectivity index (χ3n) is 5.82. The van der Waals surface area contributed by atoms with Crippen LogP contribution in [0.15, 0.2) is 42.9 Å². The molecule has 190 valence electrons. The van der Waals surface area contributed by atoms with Gasteiger partial charge in [0.05, 0.1) is 49.3 Å². The van der Waals surface area contributed by atoms with E-state index in [4.69, 9.17) is 14.6 Å². The lowest BCUT2D eigenvalue weighted by Crippen LogP contribution is -2.43. The summed E-state index contributed by atoms with van der Waals surface area (Å²) >= 11 is 0. The molecule has 3 aromatic heterocycles. The maximum absolute atomic E-state index is 15.4. The van der Waals surface area contributed by atoms with Crippen LogP contribution in [0.25, 0.3) is 11.3 Å². The quantitative estimate of drug-likeness (QED) is 0.425. The molecule has 1 fully saturated rings. The number of hydrogen-bond donors (Lipinski definition) is 2. The van der Waals surface area contributed by atoms with Crippen LogP contribution >= 0.6 is 0 Å². The van der Waals surface area contributed by atoms with Crippen LogP contribution in [-0.4, -0.2) is 52.4 Å². The van der Waals surface area contributed by atoms with Crippen molar-refractivity contribution in [3.8, 4) is 17.0 Å². The number of alkyl halides is 2. The van der Waals surface area contributed by atoms with Crippen molar-refractivity contribution >= 4 is 11.6 Å². The summed E-state index contributed by atoms with van der Waals surface area (Å²) in [5.41, 5.74) is -0.610. The summed E-state index contributed by atoms with van der Waals surface area (Å²) in [5.74, 6) is -0.160. The van der Waals surface area contributed by atoms with Gasteiger partial charge in [-0.25, -0.2) is 8.78 Å². The van der Waals surface area contributed by atoms with Gasteiger partial charge in [0.15, 0.2) is 5.67 Å². The number of rotatable bonds is 9. The van der Waals surface area contributed by atoms with Crippen molar-refractivity contribution < 1.29 is 28.2 Å². The van der Waals surface area contributed by atoms with E-state index in [9.17, 15) is 9.18 Å². The molecule has 0 bridgehead atoms. The van der Waals surface area contributed by atoms with E-state index in [0.29, 0.717) is 34.6 Å². The molecule has 10 heteroatoms. The van der Waals surface area contributed by atoms with Crippen LogP contribution in [0.2, 0.25) is 0 Å². The molecule has 36 heavy (non-hydrogen) atoms. The molecule has 0 saturated carbocycles. The first-order valence-electron chi connectivity index (χ1n) is 11.6. The second-order valence-corrected chi connectivity index (χ2v) is 9.16. The highest BCUT2D eigenvalue weighted by Gasteiger charge is 2.43. The maximum atomic E-state index is 15.4. The summed E-state index contributed by atoms with van der Waals surface area (Å²) < 4.78 is 40.4. The van der Waals surface area contributed by atoms with Gasteiger partial charge >= 0.3 is 0 Å². The number of hydrogen-bond acceptors (Lipinski definition) is 7. The first kappa shape index (κ1) is 25.6. The molecule has 0 atom stereocenters. The van der Waals surface area contributed by atoms with E-state index < -0.39 is 17.2 Å². The van der Waals surface area contributed by atoms with E-state index >= 15 is 4.39 Å². The summed E-state index contributed by atoms with van der Waals surface area (Å²) in [6.45, 7) is 4.52. The molecule has 2 N–H and O–H groups in total. The van der Waals surface area contributed by atoms with Gasteiger partial charge in [0, 0.05) is 41.6 Å². The van der Waals surface area contributed by atoms with Crippen LogP contribution in [0.4, 0.5) is 14.5 Å². The molecule has 3 aromatic rings. The maximum Gasteiger partial charge on any atom is 0.255 e. The molecule has 0 radical (unpaired) electrons. The van der Waals surface area contributed by atoms with Gasteiger partial charge in [0.25, 0.3) is 5.91 Å². The number of carbonyl (C=O) groups excluding carboxylic acids is 1. The summed E-state index contributed by atoms with van der Waals surface area (Å²) in [5, 5.41) is 11.8. The van der Waals surface area contributed by atoms with E-state index in [0.717, 1.165) is 0 Å². The largest absolute Gasteiger partial charge is 0.491 e. The fourth-order valence-corrected chi connectivity index (χ4v) is 3.70. The van der Waals surface area contributed by atoms with E-state index in [1.54, 1.807) is 19.1 Å². The Kier molecular flexibility index (Phi) is 7.28. The number of halogens is 2. The summed E-state index contributed by atoms with van der Waals surface area (Å²) in [7, 11) is 0. The second kappa shape index (κ2) is 10.2. The molecular formula is C26H28F2N4O4. The Morgan fingerprint density at radius 2 is 2.00 bits per heavy atom. The smallest absolute Gasteiger partial charge is 0.255 e. The minimum absolute atomic E-state index is 0.0412. The second-order valence-electron chi connectivity index (χ2n) is 9.16. The zero-order chi connectivity index (χ0) is 25.9. The summed E-state index contributed by atoms with van der Waals surface area (Å²) in [6.07, 6.45) is 4.74. The molecule has 1 aliphatic rings. The minimum Gasteiger partial charge on any atom is -0.491 e. The standard InChI is InChI=1S/C26H28F2N4O4/c1-16-19(21-11-20(26(28)14-35-15-26)22(13-31-21)36-8-4-7-33)10-18(12-30-16)32-24(34)17-5-6-29-23(9-17)25(2,3)27/h5-6,9-13,33H,4,7-8,14-15H2,1-3H3,(H,32,34). The first-order valence-corrected chi connectivity index (χ1v) is 11.6. The number of carbonyl (C=O) groups is 1. The molecule has 0 aliphatic carbocycles. The topological polar surface area (TPSA) is 106 Å². The molecule has 1 amide bonds. The predicted octanol–water partition coefficient (Wildman–Crippen LogP) is 4.26. The van der Waals surface area contributed by atoms with Crippen LogP contribution in [0, 0.1) is 6.92 Å². The van der Waals surface area contributed by atoms with Crippen LogP contribution in [-0.2, 0) is 16.1 Å². The third-order valence-corrected chi connectivity index (χ3v) is 5.82. The van der Waals surface area contributed by atoms with Crippen molar-refractivity contribution in [2.45, 2.75) is 38.5 Å². The lowest BCUT2D eigenvalue weighted by atomic mass is 9.92. The van der Waals surface area contributed by atoms with Gasteiger partial charge in [-0.2, -0.15) is 0 Å². The van der Waals surface area contributed by atoms with Gasteiger partial charge in [-0.05, 0) is 45.0 Å². The number of aromatic nitrogens is 3. The van der Waals surface area contributed by atoms with Crippen LogP contribution in [0.3, 0.4) is 0 Å². The number of amides is 1. The normalized spacial score (nSPS) is 14.7. The SMILES string of the molecule is Cc1ncc(NC(=O)c2ccnc(C(C)(C)F)c2)cc1-c1cc(C2(F)COC2)c(OCCCO)cn1. The zero-order valence-corrected chi connectivity index (χ0v) is 20.3. The number of nitrogens with one attached hydrogen (secondary N) is 1. The Labute approximate surface area is 207 Å². The number of anilines is 1. The van der Waals surface area contributed by atoms with Gasteiger partial charge in [-0.1, -0.05) is 0 Å². The fourth-order valence-electron chi connectivity index (χ4n) is 3.70. The fraction of sp³-hybridized carbons (Fsp3) is 0.385. The Balaban J connectivity index is 1.62. The average molecular weight is 499 g/mol. The number of aliphatic hydroxyl groups is 1. The number of aliphatic hydroxyl groups excluding tert-OH is 1. The number of pyridine rings is 3. The van der Waals surface area contributed by atoms with Gasteiger partial charge in [0.1, 0.15) is 11.4 Å². The van der Waals surface area contributed by atoms with Crippen LogP contribution in [0.5, 0.6) is 5.75 Å². The highest BCUT2D eigenvalue weighted by Crippen LogP contribution is 2.41. The van der Waals surface area contributed by atoms with E-state index in [1.807, 2.05) is 0 Å². The van der Waals surface area contributed by atoms with Crippen LogP contribution < -0.4 is 10.1 Å². The van der Waals surface area contributed by atoms with Crippen molar-refractivity contribution in [3.05, 3.63) is 65.4 Å². The molecule has 0 spiro atoms. The Hall–Kier alpha value is -3.50. The van der Waals surface area contributed by atoms with Gasteiger partial charge in [-0.15, -0.1) is 0 Å². The Morgan fingerprint density at radius 1 is 1.22 bits per heavy atom. The van der Waals surface area contributed by atoms with Gasteiger partial charge in [0.2, 0.25) is 0 Å². The lowest BCUT2D eigenvalue weighted by molar-refractivity contribution is -0.136. The van der Waals surface area contributed by atoms with Crippen molar-refractivity contribution in [2.75, 3.05) is 31.7 Å². The van der Waals surface area contributed by atoms with Gasteiger partial charge in [-0.3, -0.25) is 19.7 Å². The average Bonchev–Trinajstić information content (AvgIpc) is 2.83. The molecule has 0 unspecified atom stereocenters. The highest BCUT2D eigenvalue weighted by molar-refractivity contribution is 6.04. The summed E-state index contributed by atoms with van der Waals surface area (Å²) in [6, 6.07) is 6.20. The molecule has 0 aromatic carbocycles. The first-order chi connectivity index (χ1) is 17.1. The minimum atomic E-state index is -1.71. The Bertz CT molecular complexity index is 1260. The summed E-state index contributed by atoms with van der Waals surface area (Å²) in [4.78, 5) is 25.6. The van der Waals surface area contributed by atoms with Gasteiger partial charge < -0.3 is 19.9 Å². The Morgan fingerprint density at radius 3 is 2.67 bits per heavy atom. The molecular weight excluding hydrogens is 470 g/mol. The molecule has 4 rings (SSSR count). The van der Waals surface area contributed by atoms with E-state index in [1.165, 1.54) is 44.6 Å². The lowest BCUT2D eigenvalue weighted by Gasteiger charge is -2.35. The number of ether oxygens (including phenoxy) is 2. The van der Waals surface area contributed by atoms with Crippen molar-refractivity contribution in [2.24, 2.45) is 0 Å². The van der Waals surface area contributed by atoms with Crippen molar-refractivity contribution in [1.82, 2.24) is 15.0 Å². The molecule has 8 nitrogen and oxygen atoms in total. The zero-order valence-electron chi connectivity index (χ0n) is 20.3. The van der Waals surface area contributed by atoms with Crippen molar-refractivity contribution in [3.63, 3.8) is 0 Å². The molecule has 4 heterocycles. The highest BCUT2D eigenvalue weighted by atomic mass is 19.1. The third kappa shape index (κ3) is 5.50. The number of aryl methyl sites for hydroxylation is 1. The van der Waals surface area contributed by atoms with E-state index in [-0.39, 0.29) is 43.4 Å². The van der Waals surface area contributed by atoms with Crippen LogP contribution in [0.1, 0.15) is 47.6 Å². The molecule has 1 saturated heterocycles. The molecule has 1 aliphatic heterocycles. The number of nitrogens with zero attached hydrogens (tertiary/aromatic N) is 3. The van der Waals surface area contributed by atoms with E-state index in [2.05, 4.69) is 20.3 Å². The monoisotopic (exact) mass is 498 g/mol. The van der Waals surface area contributed by atoms with Crippen molar-refractivity contribution in [1.29, 1.82) is 0 Å².